The van der Waals surface area contributed by atoms with Crippen molar-refractivity contribution in [2.45, 2.75) is 92.9 Å². The summed E-state index contributed by atoms with van der Waals surface area (Å²) in [6, 6.07) is 27.8. The fourth-order valence-corrected chi connectivity index (χ4v) is 7.70. The third-order valence-electron chi connectivity index (χ3n) is 11.5. The molecule has 0 amide bonds. The van der Waals surface area contributed by atoms with Crippen molar-refractivity contribution in [2.75, 3.05) is 13.1 Å². The Kier molecular flexibility index (Phi) is 18.0. The van der Waals surface area contributed by atoms with Gasteiger partial charge in [-0.2, -0.15) is 10.5 Å². The number of benzene rings is 4. The summed E-state index contributed by atoms with van der Waals surface area (Å²) in [4.78, 5) is 30.4. The lowest BCUT2D eigenvalue weighted by Crippen LogP contribution is -2.17. The maximum atomic E-state index is 11.0. The van der Waals surface area contributed by atoms with Gasteiger partial charge in [-0.3, -0.25) is 19.6 Å². The molecule has 4 aromatic carbocycles. The van der Waals surface area contributed by atoms with Crippen molar-refractivity contribution in [3.63, 3.8) is 0 Å². The summed E-state index contributed by atoms with van der Waals surface area (Å²) in [6.45, 7) is 11.2. The summed E-state index contributed by atoms with van der Waals surface area (Å²) in [6.07, 6.45) is 7.51. The van der Waals surface area contributed by atoms with Crippen LogP contribution in [-0.4, -0.2) is 45.2 Å². The van der Waals surface area contributed by atoms with Gasteiger partial charge >= 0.3 is 11.9 Å². The molecule has 0 fully saturated rings. The van der Waals surface area contributed by atoms with Crippen molar-refractivity contribution in [1.82, 2.24) is 20.6 Å². The average Bonchev–Trinajstić information content (AvgIpc) is 3.33. The SMILES string of the molecule is Cc1cc(OCc2cccc(-c3cccc(COc4cc(C)c(CNCCCC(=O)O)c(OCc5cncc(C#N)c5)c4)c3C)c2C)cc(OCc2cncc(C#N)c2)c1CNCCCC(=O)O. The predicted octanol–water partition coefficient (Wildman–Crippen LogP) is 9.35. The molecule has 0 atom stereocenters. The second-order valence-electron chi connectivity index (χ2n) is 16.5. The third-order valence-corrected chi connectivity index (χ3v) is 11.5. The number of carboxylic acids is 2. The van der Waals surface area contributed by atoms with E-state index in [2.05, 4.69) is 70.9 Å². The number of carboxylic acid groups (broad SMARTS) is 2. The molecule has 0 aliphatic carbocycles. The smallest absolute Gasteiger partial charge is 0.303 e. The van der Waals surface area contributed by atoms with Gasteiger partial charge < -0.3 is 39.8 Å². The van der Waals surface area contributed by atoms with E-state index in [9.17, 15) is 20.1 Å². The van der Waals surface area contributed by atoms with Gasteiger partial charge in [-0.25, -0.2) is 0 Å². The molecule has 2 aromatic heterocycles. The number of ether oxygens (including phenoxy) is 4. The fourth-order valence-electron chi connectivity index (χ4n) is 7.70. The highest BCUT2D eigenvalue weighted by Crippen LogP contribution is 2.35. The number of hydrogen-bond donors (Lipinski definition) is 4. The van der Waals surface area contributed by atoms with Crippen LogP contribution < -0.4 is 29.6 Å². The Morgan fingerprint density at radius 1 is 0.574 bits per heavy atom. The summed E-state index contributed by atoms with van der Waals surface area (Å²) < 4.78 is 25.6. The molecule has 0 radical (unpaired) electrons. The Labute approximate surface area is 397 Å². The number of aliphatic carboxylic acids is 2. The van der Waals surface area contributed by atoms with Crippen molar-refractivity contribution in [3.8, 4) is 46.3 Å². The molecule has 68 heavy (non-hydrogen) atoms. The summed E-state index contributed by atoms with van der Waals surface area (Å²) in [5, 5.41) is 43.5. The molecule has 0 saturated heterocycles. The van der Waals surface area contributed by atoms with Crippen LogP contribution in [0.3, 0.4) is 0 Å². The number of pyridine rings is 2. The zero-order valence-electron chi connectivity index (χ0n) is 38.9. The van der Waals surface area contributed by atoms with E-state index >= 15 is 0 Å². The highest BCUT2D eigenvalue weighted by atomic mass is 16.5. The van der Waals surface area contributed by atoms with Gasteiger partial charge in [0, 0.05) is 85.1 Å². The second-order valence-corrected chi connectivity index (χ2v) is 16.5. The first-order valence-electron chi connectivity index (χ1n) is 22.4. The molecule has 2 heterocycles. The molecule has 0 saturated carbocycles. The zero-order valence-corrected chi connectivity index (χ0v) is 38.9. The predicted molar refractivity (Wildman–Crippen MR) is 256 cm³/mol. The minimum absolute atomic E-state index is 0.0828. The van der Waals surface area contributed by atoms with Crippen LogP contribution in [0.15, 0.2) is 97.6 Å². The second kappa shape index (κ2) is 24.7. The lowest BCUT2D eigenvalue weighted by molar-refractivity contribution is -0.138. The van der Waals surface area contributed by atoms with Crippen LogP contribution in [-0.2, 0) is 49.1 Å². The maximum Gasteiger partial charge on any atom is 0.303 e. The first-order valence-corrected chi connectivity index (χ1v) is 22.4. The van der Waals surface area contributed by atoms with Crippen molar-refractivity contribution in [2.24, 2.45) is 0 Å². The summed E-state index contributed by atoms with van der Waals surface area (Å²) in [7, 11) is 0. The Balaban J connectivity index is 1.17. The minimum Gasteiger partial charge on any atom is -0.489 e. The Morgan fingerprint density at radius 3 is 1.40 bits per heavy atom. The van der Waals surface area contributed by atoms with Crippen LogP contribution in [0.5, 0.6) is 23.0 Å². The van der Waals surface area contributed by atoms with E-state index in [1.165, 1.54) is 12.4 Å². The van der Waals surface area contributed by atoms with E-state index in [0.29, 0.717) is 86.4 Å². The molecule has 0 spiro atoms. The van der Waals surface area contributed by atoms with E-state index in [-0.39, 0.29) is 26.1 Å². The molecule has 0 aliphatic heterocycles. The fraction of sp³-hybridized carbons (Fsp3) is 0.296. The van der Waals surface area contributed by atoms with E-state index in [4.69, 9.17) is 29.2 Å². The Morgan fingerprint density at radius 2 is 1.00 bits per heavy atom. The topological polar surface area (TPSA) is 209 Å². The lowest BCUT2D eigenvalue weighted by Gasteiger charge is -2.19. The van der Waals surface area contributed by atoms with Gasteiger partial charge in [-0.05, 0) is 122 Å². The molecule has 4 N–H and O–H groups in total. The Hall–Kier alpha value is -7.78. The van der Waals surface area contributed by atoms with Crippen molar-refractivity contribution < 1.29 is 38.7 Å². The maximum absolute atomic E-state index is 11.0. The van der Waals surface area contributed by atoms with Gasteiger partial charge in [-0.15, -0.1) is 0 Å². The van der Waals surface area contributed by atoms with Crippen molar-refractivity contribution >= 4 is 11.9 Å². The Bertz CT molecular complexity index is 2620. The van der Waals surface area contributed by atoms with Crippen LogP contribution in [0, 0.1) is 50.4 Å². The standard InChI is InChI=1S/C54H56N6O8/c1-35-17-45(21-51(49(35)29-57-15-7-13-53(61)62)67-31-41-19-39(23-55)25-59-27-41)65-33-43-9-5-11-47(37(43)3)48-12-6-10-44(38(48)4)34-66-46-18-36(2)50(30-58-16-8-14-54(63)64)52(22-46)68-32-42-20-40(24-56)26-60-28-42/h5-6,9-12,17-22,25-28,57-58H,7-8,13-16,29-34H2,1-4H3,(H,61,62)(H,63,64). The molecule has 14 nitrogen and oxygen atoms in total. The first kappa shape index (κ1) is 49.6. The number of nitrogens with one attached hydrogen (secondary N) is 2. The van der Waals surface area contributed by atoms with Crippen LogP contribution in [0.25, 0.3) is 11.1 Å². The quantitative estimate of drug-likeness (QED) is 0.0395. The molecule has 6 rings (SSSR count). The van der Waals surface area contributed by atoms with E-state index in [1.54, 1.807) is 24.5 Å². The molecule has 14 heteroatoms. The molecule has 0 aliphatic rings. The van der Waals surface area contributed by atoms with Gasteiger partial charge in [0.25, 0.3) is 0 Å². The minimum atomic E-state index is -0.831. The zero-order chi connectivity index (χ0) is 48.4. The molecule has 0 bridgehead atoms. The molecule has 350 valence electrons. The molecule has 0 unspecified atom stereocenters. The van der Waals surface area contributed by atoms with Gasteiger partial charge in [0.05, 0.1) is 11.1 Å². The number of rotatable bonds is 25. The number of nitriles is 2. The van der Waals surface area contributed by atoms with Crippen LogP contribution in [0.4, 0.5) is 0 Å². The van der Waals surface area contributed by atoms with Crippen molar-refractivity contribution in [1.29, 1.82) is 10.5 Å². The highest BCUT2D eigenvalue weighted by molar-refractivity contribution is 5.72. The lowest BCUT2D eigenvalue weighted by atomic mass is 9.92. The monoisotopic (exact) mass is 916 g/mol. The summed E-state index contributed by atoms with van der Waals surface area (Å²) >= 11 is 0. The van der Waals surface area contributed by atoms with Crippen LogP contribution in [0.2, 0.25) is 0 Å². The van der Waals surface area contributed by atoms with E-state index < -0.39 is 11.9 Å². The molecular formula is C54H56N6O8. The summed E-state index contributed by atoms with van der Waals surface area (Å²) in [5.74, 6) is 0.828. The number of carbonyl (C=O) groups is 2. The number of hydrogen-bond acceptors (Lipinski definition) is 12. The summed E-state index contributed by atoms with van der Waals surface area (Å²) in [5.41, 5.74) is 12.5. The largest absolute Gasteiger partial charge is 0.489 e. The normalized spacial score (nSPS) is 10.8. The van der Waals surface area contributed by atoms with E-state index in [1.807, 2.05) is 50.2 Å². The highest BCUT2D eigenvalue weighted by Gasteiger charge is 2.17. The van der Waals surface area contributed by atoms with Gasteiger partial charge in [0.2, 0.25) is 0 Å². The van der Waals surface area contributed by atoms with Crippen LogP contribution in [0.1, 0.15) is 92.4 Å². The first-order chi connectivity index (χ1) is 32.9. The third kappa shape index (κ3) is 14.1. The number of aromatic nitrogens is 2. The van der Waals surface area contributed by atoms with Gasteiger partial charge in [-0.1, -0.05) is 36.4 Å². The van der Waals surface area contributed by atoms with Gasteiger partial charge in [0.15, 0.2) is 0 Å². The number of nitrogens with zero attached hydrogens (tertiary/aromatic N) is 4. The van der Waals surface area contributed by atoms with E-state index in [0.717, 1.165) is 66.8 Å². The van der Waals surface area contributed by atoms with Crippen molar-refractivity contribution in [3.05, 3.63) is 164 Å². The average molecular weight is 917 g/mol. The number of aryl methyl sites for hydroxylation is 2. The van der Waals surface area contributed by atoms with Crippen LogP contribution >= 0.6 is 0 Å². The molecule has 6 aromatic rings. The molecular weight excluding hydrogens is 861 g/mol. The van der Waals surface area contributed by atoms with Gasteiger partial charge in [0.1, 0.15) is 61.6 Å².